The molecular weight excluding hydrogens is 164 g/mol. The Hall–Kier alpha value is -1.35. The first kappa shape index (κ1) is 8.26. The van der Waals surface area contributed by atoms with Gasteiger partial charge in [0.15, 0.2) is 0 Å². The normalized spacial score (nSPS) is 21.6. The fourth-order valence-electron chi connectivity index (χ4n) is 1.54. The summed E-state index contributed by atoms with van der Waals surface area (Å²) in [5.41, 5.74) is 7.94. The molecule has 0 spiro atoms. The van der Waals surface area contributed by atoms with Gasteiger partial charge in [-0.2, -0.15) is 0 Å². The molecule has 1 saturated heterocycles. The lowest BCUT2D eigenvalue weighted by Crippen LogP contribution is -2.27. The van der Waals surface area contributed by atoms with Crippen molar-refractivity contribution in [2.24, 2.45) is 0 Å². The molecule has 0 saturated carbocycles. The molecule has 3 nitrogen and oxygen atoms in total. The van der Waals surface area contributed by atoms with Crippen molar-refractivity contribution in [1.82, 2.24) is 10.9 Å². The summed E-state index contributed by atoms with van der Waals surface area (Å²) in [6.07, 6.45) is 0.531. The Balaban J connectivity index is 2.21. The zero-order valence-electron chi connectivity index (χ0n) is 7.50. The van der Waals surface area contributed by atoms with E-state index in [1.54, 1.807) is 0 Å². The van der Waals surface area contributed by atoms with E-state index in [2.05, 4.69) is 16.9 Å². The van der Waals surface area contributed by atoms with Crippen molar-refractivity contribution in [2.75, 3.05) is 0 Å². The quantitative estimate of drug-likeness (QED) is 0.671. The first-order valence-electron chi connectivity index (χ1n) is 4.36. The number of hydrazine groups is 1. The molecular formula is C10H12N2O. The highest BCUT2D eigenvalue weighted by Crippen LogP contribution is 2.19. The van der Waals surface area contributed by atoms with Crippen LogP contribution in [0.25, 0.3) is 0 Å². The highest BCUT2D eigenvalue weighted by Gasteiger charge is 2.21. The van der Waals surface area contributed by atoms with Gasteiger partial charge >= 0.3 is 0 Å². The first-order valence-corrected chi connectivity index (χ1v) is 4.36. The minimum Gasteiger partial charge on any atom is -0.291 e. The Kier molecular flexibility index (Phi) is 2.02. The third-order valence-electron chi connectivity index (χ3n) is 2.22. The number of nitrogens with one attached hydrogen (secondary N) is 2. The van der Waals surface area contributed by atoms with Gasteiger partial charge in [0, 0.05) is 6.42 Å². The molecule has 3 heteroatoms. The second kappa shape index (κ2) is 3.18. The molecule has 1 unspecified atom stereocenters. The molecule has 2 N–H and O–H groups in total. The molecule has 0 radical (unpaired) electrons. The first-order chi connectivity index (χ1) is 6.25. The number of carbonyl (C=O) groups is 1. The Morgan fingerprint density at radius 2 is 2.31 bits per heavy atom. The van der Waals surface area contributed by atoms with E-state index >= 15 is 0 Å². The average molecular weight is 176 g/mol. The SMILES string of the molecule is Cc1cccc(C2CC(=O)NN2)c1. The summed E-state index contributed by atoms with van der Waals surface area (Å²) < 4.78 is 0. The van der Waals surface area contributed by atoms with Crippen LogP contribution in [0.1, 0.15) is 23.6 Å². The number of amides is 1. The predicted molar refractivity (Wildman–Crippen MR) is 49.8 cm³/mol. The monoisotopic (exact) mass is 176 g/mol. The van der Waals surface area contributed by atoms with Crippen LogP contribution in [0.5, 0.6) is 0 Å². The molecule has 0 bridgehead atoms. The highest BCUT2D eigenvalue weighted by atomic mass is 16.2. The molecule has 1 aromatic rings. The predicted octanol–water partition coefficient (Wildman–Crippen LogP) is 1.06. The van der Waals surface area contributed by atoms with Crippen molar-refractivity contribution >= 4 is 5.91 Å². The van der Waals surface area contributed by atoms with E-state index in [1.165, 1.54) is 11.1 Å². The van der Waals surface area contributed by atoms with E-state index in [0.29, 0.717) is 6.42 Å². The number of hydrogen-bond acceptors (Lipinski definition) is 2. The van der Waals surface area contributed by atoms with Crippen molar-refractivity contribution in [1.29, 1.82) is 0 Å². The minimum absolute atomic E-state index is 0.0616. The standard InChI is InChI=1S/C10H12N2O/c1-7-3-2-4-8(5-7)9-6-10(13)12-11-9/h2-5,9,11H,6H2,1H3,(H,12,13). The van der Waals surface area contributed by atoms with E-state index in [-0.39, 0.29) is 11.9 Å². The maximum atomic E-state index is 10.9. The lowest BCUT2D eigenvalue weighted by molar-refractivity contribution is -0.119. The fraction of sp³-hybridized carbons (Fsp3) is 0.300. The highest BCUT2D eigenvalue weighted by molar-refractivity contribution is 5.78. The van der Waals surface area contributed by atoms with Gasteiger partial charge in [-0.1, -0.05) is 29.8 Å². The third kappa shape index (κ3) is 1.70. The van der Waals surface area contributed by atoms with Crippen molar-refractivity contribution in [3.05, 3.63) is 35.4 Å². The van der Waals surface area contributed by atoms with Gasteiger partial charge < -0.3 is 0 Å². The van der Waals surface area contributed by atoms with Gasteiger partial charge in [-0.05, 0) is 12.5 Å². The Bertz CT molecular complexity index is 335. The van der Waals surface area contributed by atoms with Gasteiger partial charge in [-0.15, -0.1) is 0 Å². The Labute approximate surface area is 77.1 Å². The minimum atomic E-state index is 0.0616. The summed E-state index contributed by atoms with van der Waals surface area (Å²) in [4.78, 5) is 10.9. The molecule has 1 aromatic carbocycles. The van der Waals surface area contributed by atoms with E-state index in [4.69, 9.17) is 0 Å². The van der Waals surface area contributed by atoms with Crippen LogP contribution in [-0.4, -0.2) is 5.91 Å². The van der Waals surface area contributed by atoms with E-state index in [9.17, 15) is 4.79 Å². The topological polar surface area (TPSA) is 41.1 Å². The second-order valence-corrected chi connectivity index (χ2v) is 3.36. The van der Waals surface area contributed by atoms with Crippen LogP contribution in [0.2, 0.25) is 0 Å². The summed E-state index contributed by atoms with van der Waals surface area (Å²) >= 11 is 0. The van der Waals surface area contributed by atoms with E-state index in [1.807, 2.05) is 25.1 Å². The molecule has 1 atom stereocenters. The number of rotatable bonds is 1. The van der Waals surface area contributed by atoms with Gasteiger partial charge in [-0.25, -0.2) is 5.43 Å². The number of carbonyl (C=O) groups excluding carboxylic acids is 1. The molecule has 13 heavy (non-hydrogen) atoms. The van der Waals surface area contributed by atoms with E-state index in [0.717, 1.165) is 0 Å². The van der Waals surface area contributed by atoms with Gasteiger partial charge in [0.2, 0.25) is 5.91 Å². The Morgan fingerprint density at radius 1 is 1.46 bits per heavy atom. The summed E-state index contributed by atoms with van der Waals surface area (Å²) in [6, 6.07) is 8.32. The van der Waals surface area contributed by atoms with Crippen LogP contribution in [0.15, 0.2) is 24.3 Å². The Morgan fingerprint density at radius 3 is 2.92 bits per heavy atom. The van der Waals surface area contributed by atoms with Crippen molar-refractivity contribution in [3.8, 4) is 0 Å². The van der Waals surface area contributed by atoms with Gasteiger partial charge in [-0.3, -0.25) is 10.2 Å². The third-order valence-corrected chi connectivity index (χ3v) is 2.22. The van der Waals surface area contributed by atoms with Crippen molar-refractivity contribution in [3.63, 3.8) is 0 Å². The van der Waals surface area contributed by atoms with Crippen LogP contribution in [-0.2, 0) is 4.79 Å². The summed E-state index contributed by atoms with van der Waals surface area (Å²) in [6.45, 7) is 2.05. The molecule has 1 aliphatic rings. The molecule has 2 rings (SSSR count). The maximum absolute atomic E-state index is 10.9. The number of hydrogen-bond donors (Lipinski definition) is 2. The smallest absolute Gasteiger partial charge is 0.236 e. The second-order valence-electron chi connectivity index (χ2n) is 3.36. The molecule has 68 valence electrons. The van der Waals surface area contributed by atoms with Gasteiger partial charge in [0.1, 0.15) is 0 Å². The van der Waals surface area contributed by atoms with E-state index < -0.39 is 0 Å². The lowest BCUT2D eigenvalue weighted by atomic mass is 10.0. The van der Waals surface area contributed by atoms with Crippen LogP contribution >= 0.6 is 0 Å². The van der Waals surface area contributed by atoms with Crippen LogP contribution < -0.4 is 10.9 Å². The number of aryl methyl sites for hydroxylation is 1. The lowest BCUT2D eigenvalue weighted by Gasteiger charge is -2.08. The van der Waals surface area contributed by atoms with Crippen LogP contribution in [0.3, 0.4) is 0 Å². The summed E-state index contributed by atoms with van der Waals surface area (Å²) in [5.74, 6) is 0.0616. The van der Waals surface area contributed by atoms with Crippen LogP contribution in [0, 0.1) is 6.92 Å². The zero-order valence-corrected chi connectivity index (χ0v) is 7.50. The molecule has 1 aliphatic heterocycles. The molecule has 1 fully saturated rings. The zero-order chi connectivity index (χ0) is 9.26. The largest absolute Gasteiger partial charge is 0.291 e. The summed E-state index contributed by atoms with van der Waals surface area (Å²) in [7, 11) is 0. The van der Waals surface area contributed by atoms with Crippen molar-refractivity contribution < 1.29 is 4.79 Å². The van der Waals surface area contributed by atoms with Crippen molar-refractivity contribution in [2.45, 2.75) is 19.4 Å². The fourth-order valence-corrected chi connectivity index (χ4v) is 1.54. The summed E-state index contributed by atoms with van der Waals surface area (Å²) in [5, 5.41) is 0. The molecule has 1 heterocycles. The maximum Gasteiger partial charge on any atom is 0.236 e. The molecule has 1 amide bonds. The molecule has 0 aliphatic carbocycles. The van der Waals surface area contributed by atoms with Gasteiger partial charge in [0.25, 0.3) is 0 Å². The number of benzene rings is 1. The average Bonchev–Trinajstić information content (AvgIpc) is 2.52. The van der Waals surface area contributed by atoms with Gasteiger partial charge in [0.05, 0.1) is 6.04 Å². The molecule has 0 aromatic heterocycles. The van der Waals surface area contributed by atoms with Crippen LogP contribution in [0.4, 0.5) is 0 Å².